The molecule has 2 heterocycles. The first-order valence-electron chi connectivity index (χ1n) is 11.9. The summed E-state index contributed by atoms with van der Waals surface area (Å²) in [5.41, 5.74) is 0.819. The highest BCUT2D eigenvalue weighted by atomic mass is 19.4. The van der Waals surface area contributed by atoms with Crippen molar-refractivity contribution in [2.45, 2.75) is 57.0 Å². The van der Waals surface area contributed by atoms with E-state index in [2.05, 4.69) is 27.1 Å². The molecule has 1 aliphatic heterocycles. The molecule has 1 aromatic carbocycles. The van der Waals surface area contributed by atoms with Gasteiger partial charge in [0.1, 0.15) is 6.10 Å². The number of hydrogen-bond donors (Lipinski definition) is 2. The minimum atomic E-state index is -4.48. The van der Waals surface area contributed by atoms with Crippen LogP contribution in [0.15, 0.2) is 54.9 Å². The zero-order valence-corrected chi connectivity index (χ0v) is 19.8. The largest absolute Gasteiger partial charge is 0.474 e. The van der Waals surface area contributed by atoms with Crippen LogP contribution < -0.4 is 15.4 Å². The van der Waals surface area contributed by atoms with Gasteiger partial charge in [0.05, 0.1) is 18.2 Å². The maximum Gasteiger partial charge on any atom is 0.416 e. The lowest BCUT2D eigenvalue weighted by molar-refractivity contribution is -0.137. The highest BCUT2D eigenvalue weighted by Crippen LogP contribution is 2.30. The molecule has 4 rings (SSSR count). The topological polar surface area (TPSA) is 66.5 Å². The molecule has 2 aliphatic rings. The van der Waals surface area contributed by atoms with Crippen molar-refractivity contribution in [3.05, 3.63) is 71.6 Å². The number of nitrogens with one attached hydrogen (secondary N) is 2. The maximum atomic E-state index is 12.9. The summed E-state index contributed by atoms with van der Waals surface area (Å²) in [5.74, 6) is 0.164. The molecule has 9 heteroatoms. The predicted molar refractivity (Wildman–Crippen MR) is 127 cm³/mol. The molecule has 0 unspecified atom stereocenters. The number of amides is 1. The fourth-order valence-corrected chi connectivity index (χ4v) is 4.65. The Bertz CT molecular complexity index is 1040. The summed E-state index contributed by atoms with van der Waals surface area (Å²) in [4.78, 5) is 19.0. The van der Waals surface area contributed by atoms with Gasteiger partial charge in [-0.1, -0.05) is 18.7 Å². The maximum absolute atomic E-state index is 12.9. The number of carbonyl (C=O) groups excluding carboxylic acids is 1. The van der Waals surface area contributed by atoms with Crippen molar-refractivity contribution in [1.29, 1.82) is 0 Å². The predicted octanol–water partition coefficient (Wildman–Crippen LogP) is 4.32. The Kier molecular flexibility index (Phi) is 7.64. The Morgan fingerprint density at radius 3 is 2.60 bits per heavy atom. The van der Waals surface area contributed by atoms with Gasteiger partial charge in [0.2, 0.25) is 5.88 Å². The first-order chi connectivity index (χ1) is 16.7. The molecule has 0 spiro atoms. The van der Waals surface area contributed by atoms with Crippen molar-refractivity contribution in [2.24, 2.45) is 0 Å². The molecule has 2 aromatic rings. The van der Waals surface area contributed by atoms with E-state index in [1.807, 2.05) is 19.1 Å². The molecule has 2 N–H and O–H groups in total. The van der Waals surface area contributed by atoms with Crippen LogP contribution in [-0.2, 0) is 6.18 Å². The van der Waals surface area contributed by atoms with Crippen molar-refractivity contribution in [3.63, 3.8) is 0 Å². The highest BCUT2D eigenvalue weighted by molar-refractivity contribution is 5.94. The Hall–Kier alpha value is -3.07. The van der Waals surface area contributed by atoms with E-state index in [1.54, 1.807) is 6.20 Å². The minimum absolute atomic E-state index is 0.0276. The first-order valence-corrected chi connectivity index (χ1v) is 11.9. The van der Waals surface area contributed by atoms with Crippen molar-refractivity contribution in [1.82, 2.24) is 20.5 Å². The molecule has 2 fully saturated rings. The van der Waals surface area contributed by atoms with E-state index < -0.39 is 17.6 Å². The number of ether oxygens (including phenoxy) is 1. The van der Waals surface area contributed by atoms with Crippen LogP contribution in [0.3, 0.4) is 0 Å². The molecule has 0 bridgehead atoms. The Morgan fingerprint density at radius 1 is 1.17 bits per heavy atom. The van der Waals surface area contributed by atoms with Crippen molar-refractivity contribution >= 4 is 5.91 Å². The van der Waals surface area contributed by atoms with E-state index in [9.17, 15) is 18.0 Å². The third kappa shape index (κ3) is 6.54. The molecule has 6 nitrogen and oxygen atoms in total. The minimum Gasteiger partial charge on any atom is -0.474 e. The SMILES string of the molecule is C=C(CNC(=O)c1cccc(C(F)(F)F)c1)NC1CN([C@H]2CC[C@@H](Oc3ncccc3C)CC2)C1. The lowest BCUT2D eigenvalue weighted by Crippen LogP contribution is -2.61. The van der Waals surface area contributed by atoms with Crippen molar-refractivity contribution < 1.29 is 22.7 Å². The number of benzene rings is 1. The number of halogens is 3. The number of alkyl halides is 3. The summed E-state index contributed by atoms with van der Waals surface area (Å²) >= 11 is 0. The van der Waals surface area contributed by atoms with Crippen LogP contribution in [0.2, 0.25) is 0 Å². The van der Waals surface area contributed by atoms with E-state index in [4.69, 9.17) is 4.74 Å². The summed E-state index contributed by atoms with van der Waals surface area (Å²) < 4.78 is 44.7. The third-order valence-electron chi connectivity index (χ3n) is 6.63. The zero-order chi connectivity index (χ0) is 25.0. The summed E-state index contributed by atoms with van der Waals surface area (Å²) in [7, 11) is 0. The second-order valence-corrected chi connectivity index (χ2v) is 9.33. The van der Waals surface area contributed by atoms with Gasteiger partial charge in [-0.3, -0.25) is 9.69 Å². The van der Waals surface area contributed by atoms with Gasteiger partial charge in [-0.05, 0) is 56.9 Å². The third-order valence-corrected chi connectivity index (χ3v) is 6.63. The summed E-state index contributed by atoms with van der Waals surface area (Å²) in [6.07, 6.45) is 1.64. The number of likely N-dealkylation sites (tertiary alicyclic amines) is 1. The summed E-state index contributed by atoms with van der Waals surface area (Å²) in [5, 5.41) is 5.95. The summed E-state index contributed by atoms with van der Waals surface area (Å²) in [6, 6.07) is 9.09. The summed E-state index contributed by atoms with van der Waals surface area (Å²) in [6.45, 7) is 7.90. The normalized spacial score (nSPS) is 21.1. The molecule has 0 atom stereocenters. The molecular weight excluding hydrogens is 457 g/mol. The fourth-order valence-electron chi connectivity index (χ4n) is 4.65. The van der Waals surface area contributed by atoms with Crippen molar-refractivity contribution in [3.8, 4) is 5.88 Å². The second-order valence-electron chi connectivity index (χ2n) is 9.33. The van der Waals surface area contributed by atoms with Crippen LogP contribution in [0.5, 0.6) is 5.88 Å². The fraction of sp³-hybridized carbons (Fsp3) is 0.462. The number of aromatic nitrogens is 1. The van der Waals surface area contributed by atoms with E-state index in [-0.39, 0.29) is 24.3 Å². The van der Waals surface area contributed by atoms with Crippen molar-refractivity contribution in [2.75, 3.05) is 19.6 Å². The number of nitrogens with zero attached hydrogens (tertiary/aromatic N) is 2. The number of carbonyl (C=O) groups is 1. The molecule has 1 amide bonds. The number of hydrogen-bond acceptors (Lipinski definition) is 5. The van der Waals surface area contributed by atoms with Gasteiger partial charge in [0.15, 0.2) is 0 Å². The first kappa shape index (κ1) is 25.0. The highest BCUT2D eigenvalue weighted by Gasteiger charge is 2.35. The van der Waals surface area contributed by atoms with Crippen LogP contribution in [-0.4, -0.2) is 53.6 Å². The molecule has 1 aromatic heterocycles. The van der Waals surface area contributed by atoms with Gasteiger partial charge < -0.3 is 15.4 Å². The zero-order valence-electron chi connectivity index (χ0n) is 19.8. The molecule has 1 aliphatic carbocycles. The van der Waals surface area contributed by atoms with Crippen LogP contribution in [0.25, 0.3) is 0 Å². The standard InChI is InChI=1S/C26H31F3N4O2/c1-17-5-4-12-30-25(17)35-23-10-8-22(9-11-23)33-15-21(16-33)32-18(2)14-31-24(34)19-6-3-7-20(13-19)26(27,28)29/h3-7,12-13,21-23,32H,2,8-11,14-16H2,1H3,(H,31,34)/t22-,23+. The van der Waals surface area contributed by atoms with E-state index in [0.717, 1.165) is 62.3 Å². The average molecular weight is 489 g/mol. The Labute approximate surface area is 203 Å². The quantitative estimate of drug-likeness (QED) is 0.580. The van der Waals surface area contributed by atoms with E-state index in [1.165, 1.54) is 12.1 Å². The second kappa shape index (κ2) is 10.7. The van der Waals surface area contributed by atoms with Crippen LogP contribution in [0.1, 0.15) is 47.2 Å². The van der Waals surface area contributed by atoms with Crippen LogP contribution >= 0.6 is 0 Å². The number of rotatable bonds is 8. The Morgan fingerprint density at radius 2 is 1.91 bits per heavy atom. The Balaban J connectivity index is 1.14. The smallest absolute Gasteiger partial charge is 0.416 e. The molecule has 188 valence electrons. The molecule has 1 saturated carbocycles. The van der Waals surface area contributed by atoms with Crippen LogP contribution in [0, 0.1) is 6.92 Å². The molecule has 35 heavy (non-hydrogen) atoms. The molecule has 1 saturated heterocycles. The van der Waals surface area contributed by atoms with Gasteiger partial charge >= 0.3 is 6.18 Å². The van der Waals surface area contributed by atoms with E-state index in [0.29, 0.717) is 11.7 Å². The lowest BCUT2D eigenvalue weighted by atomic mass is 9.89. The van der Waals surface area contributed by atoms with Crippen LogP contribution in [0.4, 0.5) is 13.2 Å². The number of aryl methyl sites for hydroxylation is 1. The molecular formula is C26H31F3N4O2. The van der Waals surface area contributed by atoms with Gasteiger partial charge in [-0.15, -0.1) is 0 Å². The van der Waals surface area contributed by atoms with Gasteiger partial charge in [-0.2, -0.15) is 13.2 Å². The van der Waals surface area contributed by atoms with Gasteiger partial charge in [0, 0.05) is 42.2 Å². The monoisotopic (exact) mass is 488 g/mol. The van der Waals surface area contributed by atoms with E-state index >= 15 is 0 Å². The van der Waals surface area contributed by atoms with Gasteiger partial charge in [-0.25, -0.2) is 4.98 Å². The lowest BCUT2D eigenvalue weighted by Gasteiger charge is -2.47. The molecule has 0 radical (unpaired) electrons. The average Bonchev–Trinajstić information content (AvgIpc) is 2.81. The van der Waals surface area contributed by atoms with Gasteiger partial charge in [0.25, 0.3) is 5.91 Å². The number of pyridine rings is 1.